The number of amides is 2. The normalized spacial score (nSPS) is 22.2. The monoisotopic (exact) mass is 493 g/mol. The summed E-state index contributed by atoms with van der Waals surface area (Å²) in [5, 5.41) is 0. The minimum absolute atomic E-state index is 0.0290. The number of fused-ring (bicyclic) bond motifs is 1. The van der Waals surface area contributed by atoms with Crippen LogP contribution >= 0.6 is 0 Å². The fourth-order valence-electron chi connectivity index (χ4n) is 6.35. The van der Waals surface area contributed by atoms with Gasteiger partial charge in [-0.1, -0.05) is 18.9 Å². The van der Waals surface area contributed by atoms with Gasteiger partial charge in [0.25, 0.3) is 5.91 Å². The molecule has 0 bridgehead atoms. The lowest BCUT2D eigenvalue weighted by Crippen LogP contribution is -2.40. The number of aromatic nitrogens is 2. The van der Waals surface area contributed by atoms with Crippen LogP contribution in [-0.2, 0) is 4.79 Å². The molecule has 0 radical (unpaired) electrons. The molecule has 2 saturated heterocycles. The Morgan fingerprint density at radius 2 is 1.69 bits per heavy atom. The topological polar surface area (TPSA) is 69.6 Å². The van der Waals surface area contributed by atoms with Crippen molar-refractivity contribution in [2.75, 3.05) is 44.2 Å². The summed E-state index contributed by atoms with van der Waals surface area (Å²) in [5.74, 6) is 1.11. The van der Waals surface area contributed by atoms with Gasteiger partial charge >= 0.3 is 0 Å². The molecule has 7 nitrogen and oxygen atoms in total. The molecule has 2 unspecified atom stereocenters. The fraction of sp³-hybridized carbons (Fsp3) is 0.571. The average molecular weight is 494 g/mol. The molecule has 1 aromatic heterocycles. The maximum Gasteiger partial charge on any atom is 0.257 e. The zero-order valence-corrected chi connectivity index (χ0v) is 21.3. The van der Waals surface area contributed by atoms with Crippen molar-refractivity contribution in [1.82, 2.24) is 19.8 Å². The smallest absolute Gasteiger partial charge is 0.257 e. The Kier molecular flexibility index (Phi) is 7.32. The van der Waals surface area contributed by atoms with Crippen LogP contribution in [0.5, 0.6) is 0 Å². The third-order valence-electron chi connectivity index (χ3n) is 8.29. The predicted octanol–water partition coefficient (Wildman–Crippen LogP) is 3.85. The molecule has 5 rings (SSSR count). The van der Waals surface area contributed by atoms with Crippen LogP contribution in [0.2, 0.25) is 0 Å². The molecule has 192 valence electrons. The van der Waals surface area contributed by atoms with Crippen molar-refractivity contribution in [2.24, 2.45) is 17.8 Å². The van der Waals surface area contributed by atoms with Crippen LogP contribution in [0.25, 0.3) is 0 Å². The summed E-state index contributed by atoms with van der Waals surface area (Å²) < 4.78 is 14.0. The number of rotatable bonds is 7. The number of carbonyl (C=O) groups excluding carboxylic acids is 2. The van der Waals surface area contributed by atoms with Gasteiger partial charge in [0.05, 0.1) is 17.0 Å². The van der Waals surface area contributed by atoms with E-state index in [0.29, 0.717) is 42.0 Å². The van der Waals surface area contributed by atoms with E-state index in [1.165, 1.54) is 31.3 Å². The van der Waals surface area contributed by atoms with Crippen molar-refractivity contribution >= 4 is 17.5 Å². The van der Waals surface area contributed by atoms with Gasteiger partial charge in [-0.25, -0.2) is 14.4 Å². The zero-order chi connectivity index (χ0) is 25.2. The van der Waals surface area contributed by atoms with Crippen molar-refractivity contribution in [2.45, 2.75) is 46.0 Å². The fourth-order valence-corrected chi connectivity index (χ4v) is 6.35. The van der Waals surface area contributed by atoms with Crippen molar-refractivity contribution < 1.29 is 14.0 Å². The van der Waals surface area contributed by atoms with Gasteiger partial charge in [-0.3, -0.25) is 9.59 Å². The Hall–Kier alpha value is -2.87. The molecule has 1 aromatic carbocycles. The van der Waals surface area contributed by atoms with Crippen molar-refractivity contribution in [3.63, 3.8) is 0 Å². The first-order chi connectivity index (χ1) is 17.4. The molecule has 0 spiro atoms. The SMILES string of the molecule is Cc1ncnc(C)c1C(=O)N1CC2CN(CCN(C(=O)CC3CCCC3)c3cccc(F)c3)CC2C1. The van der Waals surface area contributed by atoms with Gasteiger partial charge < -0.3 is 14.7 Å². The summed E-state index contributed by atoms with van der Waals surface area (Å²) in [4.78, 5) is 41.0. The van der Waals surface area contributed by atoms with Crippen LogP contribution in [-0.4, -0.2) is 70.9 Å². The quantitative estimate of drug-likeness (QED) is 0.586. The molecular formula is C28H36FN5O2. The summed E-state index contributed by atoms with van der Waals surface area (Å²) in [6, 6.07) is 6.39. The number of carbonyl (C=O) groups is 2. The number of halogens is 1. The van der Waals surface area contributed by atoms with E-state index >= 15 is 0 Å². The van der Waals surface area contributed by atoms with Gasteiger partial charge in [-0.2, -0.15) is 0 Å². The highest BCUT2D eigenvalue weighted by Crippen LogP contribution is 2.33. The molecule has 2 amide bonds. The van der Waals surface area contributed by atoms with Crippen molar-refractivity contribution in [3.05, 3.63) is 53.4 Å². The summed E-state index contributed by atoms with van der Waals surface area (Å²) in [6.45, 7) is 8.31. The molecule has 0 N–H and O–H groups in total. The second kappa shape index (κ2) is 10.6. The predicted molar refractivity (Wildman–Crippen MR) is 136 cm³/mol. The summed E-state index contributed by atoms with van der Waals surface area (Å²) in [6.07, 6.45) is 6.67. The molecule has 3 fully saturated rings. The first kappa shape index (κ1) is 24.8. The van der Waals surface area contributed by atoms with Crippen molar-refractivity contribution in [1.29, 1.82) is 0 Å². The van der Waals surface area contributed by atoms with E-state index in [4.69, 9.17) is 0 Å². The third-order valence-corrected chi connectivity index (χ3v) is 8.29. The standard InChI is InChI=1S/C28H36FN5O2/c1-19-27(20(2)31-18-30-19)28(36)33-16-22-14-32(15-23(22)17-33)10-11-34(25-9-5-8-24(29)13-25)26(35)12-21-6-3-4-7-21/h5,8-9,13,18,21-23H,3-4,6-7,10-12,14-17H2,1-2H3. The number of benzene rings is 1. The molecular weight excluding hydrogens is 457 g/mol. The largest absolute Gasteiger partial charge is 0.338 e. The van der Waals surface area contributed by atoms with Crippen LogP contribution in [0.1, 0.15) is 53.8 Å². The van der Waals surface area contributed by atoms with Crippen LogP contribution in [0.4, 0.5) is 10.1 Å². The Balaban J connectivity index is 1.19. The van der Waals surface area contributed by atoms with Gasteiger partial charge in [0.15, 0.2) is 0 Å². The Labute approximate surface area is 212 Å². The van der Waals surface area contributed by atoms with Gasteiger partial charge in [0.2, 0.25) is 5.91 Å². The maximum atomic E-state index is 14.0. The highest BCUT2D eigenvalue weighted by Gasteiger charge is 2.42. The van der Waals surface area contributed by atoms with Crippen molar-refractivity contribution in [3.8, 4) is 0 Å². The molecule has 2 aromatic rings. The Bertz CT molecular complexity index is 1080. The van der Waals surface area contributed by atoms with E-state index in [-0.39, 0.29) is 17.6 Å². The number of anilines is 1. The van der Waals surface area contributed by atoms with E-state index < -0.39 is 0 Å². The number of hydrogen-bond donors (Lipinski definition) is 0. The average Bonchev–Trinajstić information content (AvgIpc) is 3.56. The summed E-state index contributed by atoms with van der Waals surface area (Å²) in [7, 11) is 0. The first-order valence-electron chi connectivity index (χ1n) is 13.2. The highest BCUT2D eigenvalue weighted by atomic mass is 19.1. The van der Waals surface area contributed by atoms with Gasteiger partial charge in [0, 0.05) is 51.4 Å². The highest BCUT2D eigenvalue weighted by molar-refractivity contribution is 5.96. The minimum Gasteiger partial charge on any atom is -0.338 e. The molecule has 36 heavy (non-hydrogen) atoms. The van der Waals surface area contributed by atoms with E-state index in [2.05, 4.69) is 14.9 Å². The number of likely N-dealkylation sites (tertiary alicyclic amines) is 2. The number of hydrogen-bond acceptors (Lipinski definition) is 5. The van der Waals surface area contributed by atoms with Gasteiger partial charge in [-0.15, -0.1) is 0 Å². The van der Waals surface area contributed by atoms with Crippen LogP contribution < -0.4 is 4.90 Å². The molecule has 3 heterocycles. The molecule has 8 heteroatoms. The zero-order valence-electron chi connectivity index (χ0n) is 21.3. The van der Waals surface area contributed by atoms with Crippen LogP contribution in [0, 0.1) is 37.4 Å². The lowest BCUT2D eigenvalue weighted by Gasteiger charge is -2.28. The van der Waals surface area contributed by atoms with E-state index in [9.17, 15) is 14.0 Å². The van der Waals surface area contributed by atoms with E-state index in [1.807, 2.05) is 24.8 Å². The van der Waals surface area contributed by atoms with E-state index in [0.717, 1.165) is 57.0 Å². The van der Waals surface area contributed by atoms with Crippen LogP contribution in [0.3, 0.4) is 0 Å². The molecule has 2 atom stereocenters. The first-order valence-corrected chi connectivity index (χ1v) is 13.2. The second-order valence-corrected chi connectivity index (χ2v) is 10.8. The second-order valence-electron chi connectivity index (χ2n) is 10.8. The summed E-state index contributed by atoms with van der Waals surface area (Å²) in [5.41, 5.74) is 2.72. The minimum atomic E-state index is -0.319. The molecule has 1 saturated carbocycles. The number of aryl methyl sites for hydroxylation is 2. The van der Waals surface area contributed by atoms with Gasteiger partial charge in [0.1, 0.15) is 12.1 Å². The number of nitrogens with zero attached hydrogens (tertiary/aromatic N) is 5. The van der Waals surface area contributed by atoms with E-state index in [1.54, 1.807) is 11.0 Å². The lowest BCUT2D eigenvalue weighted by molar-refractivity contribution is -0.119. The Morgan fingerprint density at radius 1 is 1.03 bits per heavy atom. The Morgan fingerprint density at radius 3 is 2.33 bits per heavy atom. The van der Waals surface area contributed by atoms with Crippen LogP contribution in [0.15, 0.2) is 30.6 Å². The summed E-state index contributed by atoms with van der Waals surface area (Å²) >= 11 is 0. The molecule has 1 aliphatic carbocycles. The maximum absolute atomic E-state index is 14.0. The molecule has 3 aliphatic rings. The molecule has 2 aliphatic heterocycles. The third kappa shape index (κ3) is 5.28. The lowest BCUT2D eigenvalue weighted by atomic mass is 10.0. The van der Waals surface area contributed by atoms with Gasteiger partial charge in [-0.05, 0) is 62.6 Å².